The van der Waals surface area contributed by atoms with Crippen LogP contribution in [0.25, 0.3) is 0 Å². The molecule has 3 amide bonds. The SMILES string of the molecule is CNC(=O)N1CCC(Oc2cc(C(=O)NCc3ccc(Cl)cc3)ncc2Br)CC1. The average molecular weight is 482 g/mol. The number of nitrogens with one attached hydrogen (secondary N) is 2. The Kier molecular flexibility index (Phi) is 7.33. The van der Waals surface area contributed by atoms with Crippen molar-refractivity contribution in [1.29, 1.82) is 0 Å². The molecule has 1 aromatic carbocycles. The lowest BCUT2D eigenvalue weighted by atomic mass is 10.1. The van der Waals surface area contributed by atoms with Crippen LogP contribution in [0.5, 0.6) is 5.75 Å². The minimum atomic E-state index is -0.285. The second-order valence-electron chi connectivity index (χ2n) is 6.67. The first-order valence-corrected chi connectivity index (χ1v) is 10.4. The van der Waals surface area contributed by atoms with Crippen LogP contribution in [0.15, 0.2) is 41.0 Å². The summed E-state index contributed by atoms with van der Waals surface area (Å²) in [6, 6.07) is 8.83. The molecule has 0 bridgehead atoms. The lowest BCUT2D eigenvalue weighted by molar-refractivity contribution is 0.0941. The van der Waals surface area contributed by atoms with Crippen molar-refractivity contribution in [3.05, 3.63) is 57.3 Å². The number of halogens is 2. The van der Waals surface area contributed by atoms with E-state index in [1.807, 2.05) is 12.1 Å². The molecule has 7 nitrogen and oxygen atoms in total. The van der Waals surface area contributed by atoms with Gasteiger partial charge in [0, 0.05) is 56.8 Å². The third kappa shape index (κ3) is 5.83. The minimum Gasteiger partial charge on any atom is -0.489 e. The van der Waals surface area contributed by atoms with Crippen LogP contribution >= 0.6 is 27.5 Å². The maximum Gasteiger partial charge on any atom is 0.317 e. The van der Waals surface area contributed by atoms with E-state index in [4.69, 9.17) is 16.3 Å². The molecule has 2 heterocycles. The molecule has 0 saturated carbocycles. The standard InChI is InChI=1S/C20H22BrClN4O3/c1-23-20(28)26-8-6-15(7-9-26)29-18-10-17(24-12-16(18)21)19(27)25-11-13-2-4-14(22)5-3-13/h2-5,10,12,15H,6-9,11H2,1H3,(H,23,28)(H,25,27). The lowest BCUT2D eigenvalue weighted by Crippen LogP contribution is -2.45. The summed E-state index contributed by atoms with van der Waals surface area (Å²) in [7, 11) is 1.62. The molecule has 0 radical (unpaired) electrons. The quantitative estimate of drug-likeness (QED) is 0.683. The van der Waals surface area contributed by atoms with Gasteiger partial charge >= 0.3 is 6.03 Å². The number of amides is 3. The Labute approximate surface area is 182 Å². The van der Waals surface area contributed by atoms with Crippen LogP contribution in [0, 0.1) is 0 Å². The number of ether oxygens (including phenoxy) is 1. The van der Waals surface area contributed by atoms with Crippen molar-refractivity contribution in [2.24, 2.45) is 0 Å². The van der Waals surface area contributed by atoms with Gasteiger partial charge in [-0.2, -0.15) is 0 Å². The first-order valence-electron chi connectivity index (χ1n) is 9.27. The molecule has 1 fully saturated rings. The molecule has 9 heteroatoms. The summed E-state index contributed by atoms with van der Waals surface area (Å²) in [4.78, 5) is 30.1. The molecule has 1 aliphatic rings. The second kappa shape index (κ2) is 9.93. The van der Waals surface area contributed by atoms with Crippen LogP contribution in [0.4, 0.5) is 4.79 Å². The van der Waals surface area contributed by atoms with Crippen molar-refractivity contribution in [3.8, 4) is 5.75 Å². The molecule has 154 valence electrons. The zero-order valence-corrected chi connectivity index (χ0v) is 18.3. The topological polar surface area (TPSA) is 83.6 Å². The van der Waals surface area contributed by atoms with Gasteiger partial charge in [-0.1, -0.05) is 23.7 Å². The predicted molar refractivity (Wildman–Crippen MR) is 114 cm³/mol. The Morgan fingerprint density at radius 1 is 1.28 bits per heavy atom. The largest absolute Gasteiger partial charge is 0.489 e. The number of carbonyl (C=O) groups is 2. The fourth-order valence-corrected chi connectivity index (χ4v) is 3.46. The number of carbonyl (C=O) groups excluding carboxylic acids is 2. The van der Waals surface area contributed by atoms with Gasteiger partial charge in [-0.25, -0.2) is 9.78 Å². The van der Waals surface area contributed by atoms with Crippen LogP contribution in [0.1, 0.15) is 28.9 Å². The summed E-state index contributed by atoms with van der Waals surface area (Å²) in [5, 5.41) is 6.13. The van der Waals surface area contributed by atoms with Gasteiger partial charge < -0.3 is 20.3 Å². The van der Waals surface area contributed by atoms with Gasteiger partial charge in [0.15, 0.2) is 0 Å². The van der Waals surface area contributed by atoms with E-state index in [1.165, 1.54) is 0 Å². The van der Waals surface area contributed by atoms with Crippen molar-refractivity contribution in [1.82, 2.24) is 20.5 Å². The van der Waals surface area contributed by atoms with E-state index in [2.05, 4.69) is 31.5 Å². The van der Waals surface area contributed by atoms with Crippen molar-refractivity contribution in [2.45, 2.75) is 25.5 Å². The summed E-state index contributed by atoms with van der Waals surface area (Å²) in [5.41, 5.74) is 1.22. The Bertz CT molecular complexity index is 871. The highest BCUT2D eigenvalue weighted by atomic mass is 79.9. The average Bonchev–Trinajstić information content (AvgIpc) is 2.74. The van der Waals surface area contributed by atoms with Gasteiger partial charge in [-0.3, -0.25) is 4.79 Å². The monoisotopic (exact) mass is 480 g/mol. The maximum atomic E-state index is 12.5. The number of pyridine rings is 1. The van der Waals surface area contributed by atoms with E-state index in [1.54, 1.807) is 36.3 Å². The fourth-order valence-electron chi connectivity index (χ4n) is 3.02. The molecule has 1 aromatic heterocycles. The van der Waals surface area contributed by atoms with Gasteiger partial charge in [0.05, 0.1) is 4.47 Å². The molecular weight excluding hydrogens is 460 g/mol. The fraction of sp³-hybridized carbons (Fsp3) is 0.350. The van der Waals surface area contributed by atoms with Crippen LogP contribution in [0.2, 0.25) is 5.02 Å². The summed E-state index contributed by atoms with van der Waals surface area (Å²) in [6.45, 7) is 1.63. The van der Waals surface area contributed by atoms with E-state index in [9.17, 15) is 9.59 Å². The Morgan fingerprint density at radius 2 is 1.97 bits per heavy atom. The second-order valence-corrected chi connectivity index (χ2v) is 7.96. The van der Waals surface area contributed by atoms with Gasteiger partial charge in [0.1, 0.15) is 17.5 Å². The van der Waals surface area contributed by atoms with Gasteiger partial charge in [-0.05, 0) is 33.6 Å². The van der Waals surface area contributed by atoms with Crippen molar-refractivity contribution < 1.29 is 14.3 Å². The molecule has 1 saturated heterocycles. The van der Waals surface area contributed by atoms with E-state index in [-0.39, 0.29) is 23.7 Å². The van der Waals surface area contributed by atoms with Crippen LogP contribution < -0.4 is 15.4 Å². The normalized spacial score (nSPS) is 14.4. The molecule has 0 aliphatic carbocycles. The number of rotatable bonds is 5. The summed E-state index contributed by atoms with van der Waals surface area (Å²) < 4.78 is 6.76. The highest BCUT2D eigenvalue weighted by molar-refractivity contribution is 9.10. The number of piperidine rings is 1. The molecule has 29 heavy (non-hydrogen) atoms. The summed E-state index contributed by atoms with van der Waals surface area (Å²) in [5.74, 6) is 0.279. The highest BCUT2D eigenvalue weighted by Gasteiger charge is 2.24. The number of benzene rings is 1. The number of aromatic nitrogens is 1. The van der Waals surface area contributed by atoms with Gasteiger partial charge in [0.2, 0.25) is 0 Å². The Hall–Kier alpha value is -2.32. The van der Waals surface area contributed by atoms with Crippen LogP contribution in [0.3, 0.4) is 0 Å². The van der Waals surface area contributed by atoms with Gasteiger partial charge in [-0.15, -0.1) is 0 Å². The minimum absolute atomic E-state index is 0.0282. The predicted octanol–water partition coefficient (Wildman–Crippen LogP) is 3.61. The van der Waals surface area contributed by atoms with E-state index in [0.29, 0.717) is 34.9 Å². The molecule has 2 aromatic rings. The number of hydrogen-bond acceptors (Lipinski definition) is 4. The smallest absolute Gasteiger partial charge is 0.317 e. The van der Waals surface area contributed by atoms with Crippen molar-refractivity contribution in [2.75, 3.05) is 20.1 Å². The maximum absolute atomic E-state index is 12.5. The van der Waals surface area contributed by atoms with E-state index < -0.39 is 0 Å². The zero-order valence-electron chi connectivity index (χ0n) is 16.0. The third-order valence-electron chi connectivity index (χ3n) is 4.66. The number of nitrogens with zero attached hydrogens (tertiary/aromatic N) is 2. The first kappa shape index (κ1) is 21.4. The van der Waals surface area contributed by atoms with Crippen LogP contribution in [-0.2, 0) is 6.54 Å². The molecule has 0 unspecified atom stereocenters. The molecule has 0 spiro atoms. The van der Waals surface area contributed by atoms with E-state index >= 15 is 0 Å². The van der Waals surface area contributed by atoms with E-state index in [0.717, 1.165) is 18.4 Å². The van der Waals surface area contributed by atoms with Gasteiger partial charge in [0.25, 0.3) is 5.91 Å². The Balaban J connectivity index is 1.58. The first-order chi connectivity index (χ1) is 14.0. The lowest BCUT2D eigenvalue weighted by Gasteiger charge is -2.32. The summed E-state index contributed by atoms with van der Waals surface area (Å²) in [6.07, 6.45) is 2.98. The van der Waals surface area contributed by atoms with Crippen LogP contribution in [-0.4, -0.2) is 48.1 Å². The highest BCUT2D eigenvalue weighted by Crippen LogP contribution is 2.28. The molecule has 1 aliphatic heterocycles. The molecule has 2 N–H and O–H groups in total. The molecule has 3 rings (SSSR count). The Morgan fingerprint density at radius 3 is 2.62 bits per heavy atom. The van der Waals surface area contributed by atoms with Crippen molar-refractivity contribution in [3.63, 3.8) is 0 Å². The van der Waals surface area contributed by atoms with Crippen molar-refractivity contribution >= 4 is 39.5 Å². The number of urea groups is 1. The number of likely N-dealkylation sites (tertiary alicyclic amines) is 1. The summed E-state index contributed by atoms with van der Waals surface area (Å²) >= 11 is 9.30. The number of hydrogen-bond donors (Lipinski definition) is 2. The molecule has 0 atom stereocenters. The molecular formula is C20H22BrClN4O3. The zero-order chi connectivity index (χ0) is 20.8. The third-order valence-corrected chi connectivity index (χ3v) is 5.50.